The van der Waals surface area contributed by atoms with E-state index in [1.54, 1.807) is 40.7 Å². The molecule has 0 aliphatic carbocycles. The molecule has 3 aromatic rings. The summed E-state index contributed by atoms with van der Waals surface area (Å²) < 4.78 is 43.6. The molecule has 1 fully saturated rings. The fourth-order valence-electron chi connectivity index (χ4n) is 4.14. The van der Waals surface area contributed by atoms with E-state index in [-0.39, 0.29) is 29.9 Å². The Bertz CT molecular complexity index is 1360. The molecule has 0 saturated carbocycles. The second kappa shape index (κ2) is 8.95. The molecule has 1 N–H and O–H groups in total. The van der Waals surface area contributed by atoms with Crippen molar-refractivity contribution in [2.45, 2.75) is 19.2 Å². The Labute approximate surface area is 190 Å². The van der Waals surface area contributed by atoms with Crippen LogP contribution in [0.15, 0.2) is 53.5 Å². The summed E-state index contributed by atoms with van der Waals surface area (Å²) in [5, 5.41) is 9.29. The number of carbonyl (C=O) groups is 1. The number of pyridine rings is 1. The van der Waals surface area contributed by atoms with Crippen molar-refractivity contribution in [2.75, 3.05) is 31.1 Å². The standard InChI is InChI=1S/C23H24FN3O5S/c1-2-25-14-18(23(29)30)22(28)17-12-19(24)21(13-20(17)25)26-8-10-27(11-9-26)33(31,32)15-16-6-4-3-5-7-16/h3-7,12-14H,2,8-11,15H2,1H3,(H,29,30). The third-order valence-corrected chi connectivity index (χ3v) is 7.73. The van der Waals surface area contributed by atoms with Crippen LogP contribution in [0.4, 0.5) is 10.1 Å². The highest BCUT2D eigenvalue weighted by atomic mass is 32.2. The van der Waals surface area contributed by atoms with Gasteiger partial charge in [-0.25, -0.2) is 17.6 Å². The number of piperazine rings is 1. The van der Waals surface area contributed by atoms with Crippen molar-refractivity contribution in [3.63, 3.8) is 0 Å². The van der Waals surface area contributed by atoms with Gasteiger partial charge in [-0.15, -0.1) is 0 Å². The van der Waals surface area contributed by atoms with Gasteiger partial charge in [0.05, 0.1) is 17.0 Å². The maximum absolute atomic E-state index is 15.0. The lowest BCUT2D eigenvalue weighted by atomic mass is 10.1. The molecule has 33 heavy (non-hydrogen) atoms. The van der Waals surface area contributed by atoms with Crippen LogP contribution in [0.5, 0.6) is 0 Å². The lowest BCUT2D eigenvalue weighted by molar-refractivity contribution is 0.0695. The molecule has 1 saturated heterocycles. The quantitative estimate of drug-likeness (QED) is 0.591. The summed E-state index contributed by atoms with van der Waals surface area (Å²) in [6, 6.07) is 11.6. The predicted molar refractivity (Wildman–Crippen MR) is 124 cm³/mol. The monoisotopic (exact) mass is 473 g/mol. The Morgan fingerprint density at radius 2 is 1.76 bits per heavy atom. The molecule has 2 aromatic carbocycles. The Hall–Kier alpha value is -3.24. The normalized spacial score (nSPS) is 15.2. The molecule has 8 nitrogen and oxygen atoms in total. The summed E-state index contributed by atoms with van der Waals surface area (Å²) >= 11 is 0. The number of carboxylic acids is 1. The van der Waals surface area contributed by atoms with Gasteiger partial charge in [-0.05, 0) is 24.6 Å². The zero-order valence-corrected chi connectivity index (χ0v) is 18.9. The van der Waals surface area contributed by atoms with Crippen LogP contribution in [0.3, 0.4) is 0 Å². The van der Waals surface area contributed by atoms with E-state index in [2.05, 4.69) is 0 Å². The van der Waals surface area contributed by atoms with E-state index in [1.807, 2.05) is 6.07 Å². The van der Waals surface area contributed by atoms with Crippen molar-refractivity contribution in [3.05, 3.63) is 75.8 Å². The molecule has 0 radical (unpaired) electrons. The molecule has 0 bridgehead atoms. The second-order valence-corrected chi connectivity index (χ2v) is 9.88. The number of nitrogens with zero attached hydrogens (tertiary/aromatic N) is 3. The molecule has 0 atom stereocenters. The van der Waals surface area contributed by atoms with E-state index in [0.717, 1.165) is 6.07 Å². The zero-order chi connectivity index (χ0) is 23.8. The first kappa shape index (κ1) is 22.9. The number of aryl methyl sites for hydroxylation is 1. The number of carboxylic acid groups (broad SMARTS) is 1. The number of hydrogen-bond donors (Lipinski definition) is 1. The highest BCUT2D eigenvalue weighted by molar-refractivity contribution is 7.88. The largest absolute Gasteiger partial charge is 0.477 e. The Balaban J connectivity index is 1.59. The van der Waals surface area contributed by atoms with Crippen molar-refractivity contribution in [2.24, 2.45) is 0 Å². The first-order chi connectivity index (χ1) is 15.7. The van der Waals surface area contributed by atoms with Crippen molar-refractivity contribution in [3.8, 4) is 0 Å². The van der Waals surface area contributed by atoms with Crippen LogP contribution >= 0.6 is 0 Å². The third kappa shape index (κ3) is 4.49. The van der Waals surface area contributed by atoms with Crippen LogP contribution < -0.4 is 10.3 Å². The summed E-state index contributed by atoms with van der Waals surface area (Å²) in [4.78, 5) is 25.7. The molecule has 4 rings (SSSR count). The second-order valence-electron chi connectivity index (χ2n) is 7.91. The summed E-state index contributed by atoms with van der Waals surface area (Å²) in [5.74, 6) is -2.10. The van der Waals surface area contributed by atoms with E-state index in [4.69, 9.17) is 0 Å². The van der Waals surface area contributed by atoms with Gasteiger partial charge in [-0.2, -0.15) is 4.31 Å². The van der Waals surface area contributed by atoms with E-state index < -0.39 is 32.8 Å². The maximum atomic E-state index is 15.0. The van der Waals surface area contributed by atoms with Crippen LogP contribution in [0.2, 0.25) is 0 Å². The number of sulfonamides is 1. The smallest absolute Gasteiger partial charge is 0.341 e. The molecule has 0 unspecified atom stereocenters. The molecule has 174 valence electrons. The van der Waals surface area contributed by atoms with Crippen molar-refractivity contribution >= 4 is 32.6 Å². The first-order valence-electron chi connectivity index (χ1n) is 10.6. The van der Waals surface area contributed by atoms with Gasteiger partial charge in [0.25, 0.3) is 0 Å². The Morgan fingerprint density at radius 1 is 1.09 bits per heavy atom. The number of fused-ring (bicyclic) bond motifs is 1. The molecule has 0 spiro atoms. The van der Waals surface area contributed by atoms with Crippen molar-refractivity contribution < 1.29 is 22.7 Å². The van der Waals surface area contributed by atoms with Crippen LogP contribution in [0.25, 0.3) is 10.9 Å². The number of halogens is 1. The molecule has 0 amide bonds. The number of aromatic carboxylic acids is 1. The third-order valence-electron chi connectivity index (χ3n) is 5.88. The summed E-state index contributed by atoms with van der Waals surface area (Å²) in [5.41, 5.74) is 0.257. The van der Waals surface area contributed by atoms with E-state index in [1.165, 1.54) is 16.6 Å². The molecule has 10 heteroatoms. The average Bonchev–Trinajstić information content (AvgIpc) is 2.79. The lowest BCUT2D eigenvalue weighted by Gasteiger charge is -2.35. The Morgan fingerprint density at radius 3 is 2.36 bits per heavy atom. The fraction of sp³-hybridized carbons (Fsp3) is 0.304. The van der Waals surface area contributed by atoms with E-state index in [9.17, 15) is 23.1 Å². The SMILES string of the molecule is CCn1cc(C(=O)O)c(=O)c2cc(F)c(N3CCN(S(=O)(=O)Cc4ccccc4)CC3)cc21. The lowest BCUT2D eigenvalue weighted by Crippen LogP contribution is -2.49. The van der Waals surface area contributed by atoms with Gasteiger partial charge in [-0.3, -0.25) is 4.79 Å². The van der Waals surface area contributed by atoms with Crippen LogP contribution in [0, 0.1) is 5.82 Å². The molecule has 2 heterocycles. The zero-order valence-electron chi connectivity index (χ0n) is 18.1. The molecule has 1 aromatic heterocycles. The number of hydrogen-bond acceptors (Lipinski definition) is 5. The molecular formula is C23H24FN3O5S. The van der Waals surface area contributed by atoms with Crippen molar-refractivity contribution in [1.29, 1.82) is 0 Å². The predicted octanol–water partition coefficient (Wildman–Crippen LogP) is 2.51. The van der Waals surface area contributed by atoms with Crippen molar-refractivity contribution in [1.82, 2.24) is 8.87 Å². The summed E-state index contributed by atoms with van der Waals surface area (Å²) in [7, 11) is -3.50. The van der Waals surface area contributed by atoms with Gasteiger partial charge in [0, 0.05) is 44.3 Å². The maximum Gasteiger partial charge on any atom is 0.341 e. The van der Waals surface area contributed by atoms with Gasteiger partial charge in [0.2, 0.25) is 15.5 Å². The minimum atomic E-state index is -3.50. The van der Waals surface area contributed by atoms with Gasteiger partial charge in [0.15, 0.2) is 0 Å². The molecule has 1 aliphatic heterocycles. The van der Waals surface area contributed by atoms with Crippen LogP contribution in [-0.2, 0) is 22.3 Å². The Kier molecular flexibility index (Phi) is 6.22. The van der Waals surface area contributed by atoms with E-state index >= 15 is 4.39 Å². The van der Waals surface area contributed by atoms with Gasteiger partial charge >= 0.3 is 5.97 Å². The minimum absolute atomic E-state index is 0.00192. The highest BCUT2D eigenvalue weighted by Crippen LogP contribution is 2.27. The summed E-state index contributed by atoms with van der Waals surface area (Å²) in [6.07, 6.45) is 1.27. The van der Waals surface area contributed by atoms with Crippen LogP contribution in [-0.4, -0.2) is 54.5 Å². The number of benzene rings is 2. The number of aromatic nitrogens is 1. The van der Waals surface area contributed by atoms with Gasteiger partial charge < -0.3 is 14.6 Å². The minimum Gasteiger partial charge on any atom is -0.477 e. The first-order valence-corrected chi connectivity index (χ1v) is 12.2. The van der Waals surface area contributed by atoms with E-state index in [0.29, 0.717) is 30.7 Å². The molecule has 1 aliphatic rings. The van der Waals surface area contributed by atoms with Gasteiger partial charge in [-0.1, -0.05) is 30.3 Å². The fourth-order valence-corrected chi connectivity index (χ4v) is 5.65. The van der Waals surface area contributed by atoms with Crippen LogP contribution in [0.1, 0.15) is 22.8 Å². The number of anilines is 1. The topological polar surface area (TPSA) is 99.9 Å². The average molecular weight is 474 g/mol. The number of rotatable bonds is 6. The molecular weight excluding hydrogens is 449 g/mol. The summed E-state index contributed by atoms with van der Waals surface area (Å²) in [6.45, 7) is 3.21. The highest BCUT2D eigenvalue weighted by Gasteiger charge is 2.28. The van der Waals surface area contributed by atoms with Gasteiger partial charge in [0.1, 0.15) is 11.4 Å².